The van der Waals surface area contributed by atoms with Crippen LogP contribution >= 0.6 is 15.9 Å². The van der Waals surface area contributed by atoms with Gasteiger partial charge in [-0.2, -0.15) is 0 Å². The summed E-state index contributed by atoms with van der Waals surface area (Å²) in [5.74, 6) is -0.408. The van der Waals surface area contributed by atoms with E-state index in [0.29, 0.717) is 11.4 Å². The number of sulfonamides is 1. The van der Waals surface area contributed by atoms with Crippen LogP contribution in [0.1, 0.15) is 16.7 Å². The summed E-state index contributed by atoms with van der Waals surface area (Å²) in [6, 6.07) is 23.6. The Hall–Kier alpha value is -3.16. The molecule has 0 bridgehead atoms. The molecule has 172 valence electrons. The number of carbonyl (C=O) groups excluding carboxylic acids is 1. The van der Waals surface area contributed by atoms with Gasteiger partial charge in [-0.1, -0.05) is 64.0 Å². The van der Waals surface area contributed by atoms with Crippen LogP contribution < -0.4 is 9.62 Å². The maximum absolute atomic E-state index is 13.6. The second-order valence-corrected chi connectivity index (χ2v) is 11.2. The van der Waals surface area contributed by atoms with Gasteiger partial charge in [-0.25, -0.2) is 8.42 Å². The van der Waals surface area contributed by atoms with Crippen LogP contribution in [0.4, 0.5) is 11.4 Å². The van der Waals surface area contributed by atoms with E-state index in [1.807, 2.05) is 37.3 Å². The van der Waals surface area contributed by atoms with Gasteiger partial charge < -0.3 is 5.32 Å². The van der Waals surface area contributed by atoms with Gasteiger partial charge in [0.2, 0.25) is 5.91 Å². The Morgan fingerprint density at radius 3 is 2.38 bits per heavy atom. The van der Waals surface area contributed by atoms with E-state index in [-0.39, 0.29) is 11.4 Å². The smallest absolute Gasteiger partial charge is 0.264 e. The molecule has 1 aliphatic carbocycles. The number of halogens is 1. The number of hydrogen-bond donors (Lipinski definition) is 1. The molecule has 0 saturated carbocycles. The Bertz CT molecular complexity index is 1500. The topological polar surface area (TPSA) is 66.5 Å². The van der Waals surface area contributed by atoms with E-state index in [1.165, 1.54) is 16.5 Å². The van der Waals surface area contributed by atoms with Crippen LogP contribution in [-0.4, -0.2) is 20.9 Å². The van der Waals surface area contributed by atoms with Crippen molar-refractivity contribution in [3.63, 3.8) is 0 Å². The molecule has 5 rings (SSSR count). The number of nitrogens with zero attached hydrogens (tertiary/aromatic N) is 1. The zero-order valence-electron chi connectivity index (χ0n) is 18.6. The zero-order chi connectivity index (χ0) is 23.9. The average molecular weight is 535 g/mol. The van der Waals surface area contributed by atoms with Crippen molar-refractivity contribution in [2.75, 3.05) is 16.2 Å². The van der Waals surface area contributed by atoms with Gasteiger partial charge in [-0.05, 0) is 72.7 Å². The number of carbonyl (C=O) groups is 1. The summed E-state index contributed by atoms with van der Waals surface area (Å²) in [6.07, 6.45) is 1.99. The summed E-state index contributed by atoms with van der Waals surface area (Å²) in [4.78, 5) is 13.3. The molecule has 1 amide bonds. The molecule has 0 fully saturated rings. The van der Waals surface area contributed by atoms with Crippen LogP contribution in [-0.2, 0) is 27.7 Å². The quantitative estimate of drug-likeness (QED) is 0.337. The van der Waals surface area contributed by atoms with Crippen LogP contribution in [0.25, 0.3) is 10.8 Å². The Kier molecular flexibility index (Phi) is 5.91. The second-order valence-electron chi connectivity index (χ2n) is 8.46. The first-order chi connectivity index (χ1) is 16.3. The average Bonchev–Trinajstić information content (AvgIpc) is 3.24. The summed E-state index contributed by atoms with van der Waals surface area (Å²) >= 11 is 3.41. The predicted octanol–water partition coefficient (Wildman–Crippen LogP) is 5.84. The highest BCUT2D eigenvalue weighted by atomic mass is 79.9. The highest BCUT2D eigenvalue weighted by molar-refractivity contribution is 9.10. The molecular formula is C27H23BrN2O3S. The van der Waals surface area contributed by atoms with Gasteiger partial charge in [-0.15, -0.1) is 0 Å². The van der Waals surface area contributed by atoms with Crippen LogP contribution in [0.3, 0.4) is 0 Å². The molecule has 0 heterocycles. The van der Waals surface area contributed by atoms with Crippen molar-refractivity contribution in [2.45, 2.75) is 24.7 Å². The minimum Gasteiger partial charge on any atom is -0.324 e. The van der Waals surface area contributed by atoms with Gasteiger partial charge in [0.05, 0.1) is 10.6 Å². The molecule has 0 radical (unpaired) electrons. The molecule has 0 unspecified atom stereocenters. The Morgan fingerprint density at radius 1 is 0.941 bits per heavy atom. The van der Waals surface area contributed by atoms with Gasteiger partial charge in [0.1, 0.15) is 6.54 Å². The van der Waals surface area contributed by atoms with E-state index in [2.05, 4.69) is 27.3 Å². The fraction of sp³-hybridized carbons (Fsp3) is 0.148. The first-order valence-corrected chi connectivity index (χ1v) is 13.2. The van der Waals surface area contributed by atoms with Crippen molar-refractivity contribution < 1.29 is 13.2 Å². The first-order valence-electron chi connectivity index (χ1n) is 11.0. The second kappa shape index (κ2) is 8.89. The molecule has 4 aromatic rings. The molecule has 0 spiro atoms. The largest absolute Gasteiger partial charge is 0.324 e. The molecule has 7 heteroatoms. The summed E-state index contributed by atoms with van der Waals surface area (Å²) in [7, 11) is -3.97. The van der Waals surface area contributed by atoms with E-state index >= 15 is 0 Å². The Labute approximate surface area is 207 Å². The Morgan fingerprint density at radius 2 is 1.65 bits per heavy atom. The monoisotopic (exact) mass is 534 g/mol. The van der Waals surface area contributed by atoms with E-state index in [1.54, 1.807) is 42.5 Å². The highest BCUT2D eigenvalue weighted by Gasteiger charge is 2.28. The van der Waals surface area contributed by atoms with Crippen molar-refractivity contribution >= 4 is 54.0 Å². The SMILES string of the molecule is Cc1ccc(S(=O)(=O)N(CC(=O)Nc2ccc3c4c(cccc24)CC3)c2cccc(Br)c2)cc1. The highest BCUT2D eigenvalue weighted by Crippen LogP contribution is 2.35. The third kappa shape index (κ3) is 4.21. The molecular weight excluding hydrogens is 512 g/mol. The maximum atomic E-state index is 13.6. The molecule has 0 aromatic heterocycles. The number of benzene rings is 4. The van der Waals surface area contributed by atoms with Gasteiger partial charge in [0.25, 0.3) is 10.0 Å². The lowest BCUT2D eigenvalue weighted by molar-refractivity contribution is -0.114. The maximum Gasteiger partial charge on any atom is 0.264 e. The number of hydrogen-bond acceptors (Lipinski definition) is 3. The van der Waals surface area contributed by atoms with Gasteiger partial charge >= 0.3 is 0 Å². The first kappa shape index (κ1) is 22.6. The van der Waals surface area contributed by atoms with Gasteiger partial charge in [0, 0.05) is 15.5 Å². The standard InChI is InChI=1S/C27H23BrN2O3S/c1-18-8-13-23(14-9-18)34(32,33)30(22-6-3-5-21(28)16-22)17-26(31)29-25-15-12-20-11-10-19-4-2-7-24(25)27(19)20/h2-9,12-16H,10-11,17H2,1H3,(H,29,31). The molecule has 1 N–H and O–H groups in total. The van der Waals surface area contributed by atoms with E-state index in [9.17, 15) is 13.2 Å². The summed E-state index contributed by atoms with van der Waals surface area (Å²) in [5, 5.41) is 5.13. The van der Waals surface area contributed by atoms with Crippen molar-refractivity contribution in [2.24, 2.45) is 0 Å². The molecule has 1 aliphatic rings. The van der Waals surface area contributed by atoms with Crippen molar-refractivity contribution in [3.8, 4) is 0 Å². The third-order valence-electron chi connectivity index (χ3n) is 6.14. The minimum absolute atomic E-state index is 0.135. The summed E-state index contributed by atoms with van der Waals surface area (Å²) in [6.45, 7) is 1.55. The molecule has 0 atom stereocenters. The normalized spacial score (nSPS) is 12.6. The molecule has 5 nitrogen and oxygen atoms in total. The number of amides is 1. The summed E-state index contributed by atoms with van der Waals surface area (Å²) in [5.41, 5.74) is 4.61. The zero-order valence-corrected chi connectivity index (χ0v) is 21.0. The fourth-order valence-corrected chi connectivity index (χ4v) is 6.26. The lowest BCUT2D eigenvalue weighted by atomic mass is 10.0. The fourth-order valence-electron chi connectivity index (χ4n) is 4.46. The van der Waals surface area contributed by atoms with Gasteiger partial charge in [-0.3, -0.25) is 9.10 Å². The molecule has 4 aromatic carbocycles. The predicted molar refractivity (Wildman–Crippen MR) is 140 cm³/mol. The van der Waals surface area contributed by atoms with E-state index in [0.717, 1.165) is 32.6 Å². The third-order valence-corrected chi connectivity index (χ3v) is 8.42. The number of nitrogens with one attached hydrogen (secondary N) is 1. The molecule has 0 aliphatic heterocycles. The van der Waals surface area contributed by atoms with E-state index in [4.69, 9.17) is 0 Å². The molecule has 0 saturated heterocycles. The van der Waals surface area contributed by atoms with E-state index < -0.39 is 15.9 Å². The van der Waals surface area contributed by atoms with Crippen molar-refractivity contribution in [1.29, 1.82) is 0 Å². The van der Waals surface area contributed by atoms with Crippen molar-refractivity contribution in [1.82, 2.24) is 0 Å². The lowest BCUT2D eigenvalue weighted by Gasteiger charge is -2.24. The summed E-state index contributed by atoms with van der Waals surface area (Å²) < 4.78 is 29.0. The lowest BCUT2D eigenvalue weighted by Crippen LogP contribution is -2.38. The number of aryl methyl sites for hydroxylation is 3. The Balaban J connectivity index is 1.49. The van der Waals surface area contributed by atoms with Crippen molar-refractivity contribution in [3.05, 3.63) is 100 Å². The number of anilines is 2. The van der Waals surface area contributed by atoms with Crippen LogP contribution in [0.15, 0.2) is 88.2 Å². The van der Waals surface area contributed by atoms with Crippen LogP contribution in [0, 0.1) is 6.92 Å². The van der Waals surface area contributed by atoms with Crippen LogP contribution in [0.2, 0.25) is 0 Å². The minimum atomic E-state index is -3.97. The number of rotatable bonds is 6. The van der Waals surface area contributed by atoms with Gasteiger partial charge in [0.15, 0.2) is 0 Å². The van der Waals surface area contributed by atoms with Crippen LogP contribution in [0.5, 0.6) is 0 Å². The molecule has 34 heavy (non-hydrogen) atoms.